The Hall–Kier alpha value is -3.15. The van der Waals surface area contributed by atoms with E-state index in [2.05, 4.69) is 21.2 Å². The molecule has 24 heavy (non-hydrogen) atoms. The van der Waals surface area contributed by atoms with Crippen LogP contribution >= 0.6 is 0 Å². The minimum atomic E-state index is 0.160. The lowest BCUT2D eigenvalue weighted by Crippen LogP contribution is -1.93. The summed E-state index contributed by atoms with van der Waals surface area (Å²) in [5, 5.41) is 18.1. The first-order valence-electron chi connectivity index (χ1n) is 7.59. The zero-order valence-electron chi connectivity index (χ0n) is 13.6. The molecule has 0 saturated carbocycles. The molecule has 0 amide bonds. The minimum absolute atomic E-state index is 0.160. The van der Waals surface area contributed by atoms with Crippen LogP contribution in [0.15, 0.2) is 41.3 Å². The number of nitrogens with zero attached hydrogens (tertiary/aromatic N) is 4. The number of rotatable bonds is 2. The molecule has 0 aliphatic heterocycles. The Morgan fingerprint density at radius 2 is 1.71 bits per heavy atom. The van der Waals surface area contributed by atoms with Gasteiger partial charge in [-0.2, -0.15) is 0 Å². The average molecular weight is 320 g/mol. The van der Waals surface area contributed by atoms with E-state index in [0.717, 1.165) is 33.5 Å². The van der Waals surface area contributed by atoms with Crippen molar-refractivity contribution in [1.29, 1.82) is 0 Å². The summed E-state index contributed by atoms with van der Waals surface area (Å²) >= 11 is 0. The van der Waals surface area contributed by atoms with Crippen molar-refractivity contribution in [2.45, 2.75) is 20.8 Å². The number of benzene rings is 2. The summed E-state index contributed by atoms with van der Waals surface area (Å²) in [6.07, 6.45) is 3.21. The first-order valence-corrected chi connectivity index (χ1v) is 7.59. The second kappa shape index (κ2) is 5.19. The molecular formula is C18H16N4O2. The van der Waals surface area contributed by atoms with Gasteiger partial charge >= 0.3 is 0 Å². The van der Waals surface area contributed by atoms with E-state index < -0.39 is 0 Å². The molecule has 0 aliphatic rings. The lowest BCUT2D eigenvalue weighted by molar-refractivity contribution is 0.470. The van der Waals surface area contributed by atoms with Crippen LogP contribution in [0.5, 0.6) is 5.75 Å². The average Bonchev–Trinajstić information content (AvgIpc) is 3.19. The monoisotopic (exact) mass is 320 g/mol. The predicted molar refractivity (Wildman–Crippen MR) is 90.2 cm³/mol. The Kier molecular flexibility index (Phi) is 3.13. The second-order valence-electron chi connectivity index (χ2n) is 5.98. The lowest BCUT2D eigenvalue weighted by Gasteiger charge is -2.08. The number of phenolic OH excluding ortho intramolecular Hbond substituents is 1. The summed E-state index contributed by atoms with van der Waals surface area (Å²) in [7, 11) is 0. The molecule has 2 aromatic heterocycles. The molecule has 2 aromatic carbocycles. The van der Waals surface area contributed by atoms with Crippen LogP contribution in [0.3, 0.4) is 0 Å². The van der Waals surface area contributed by atoms with Crippen molar-refractivity contribution in [3.05, 3.63) is 53.6 Å². The molecular weight excluding hydrogens is 304 g/mol. The third kappa shape index (κ3) is 2.23. The number of aromatic nitrogens is 4. The van der Waals surface area contributed by atoms with Crippen molar-refractivity contribution in [3.8, 4) is 22.9 Å². The summed E-state index contributed by atoms with van der Waals surface area (Å²) in [5.74, 6) is 0.557. The molecule has 0 bridgehead atoms. The second-order valence-corrected chi connectivity index (χ2v) is 5.98. The smallest absolute Gasteiger partial charge is 0.231 e. The molecule has 0 fully saturated rings. The van der Waals surface area contributed by atoms with Crippen LogP contribution in [-0.4, -0.2) is 24.9 Å². The van der Waals surface area contributed by atoms with Gasteiger partial charge in [-0.3, -0.25) is 4.57 Å². The van der Waals surface area contributed by atoms with Gasteiger partial charge in [0.05, 0.1) is 5.56 Å². The van der Waals surface area contributed by atoms with Crippen molar-refractivity contribution in [2.24, 2.45) is 0 Å². The van der Waals surface area contributed by atoms with Crippen molar-refractivity contribution in [2.75, 3.05) is 0 Å². The van der Waals surface area contributed by atoms with Gasteiger partial charge < -0.3 is 9.52 Å². The molecule has 4 aromatic rings. The molecule has 0 unspecified atom stereocenters. The summed E-state index contributed by atoms with van der Waals surface area (Å²) in [6.45, 7) is 5.85. The quantitative estimate of drug-likeness (QED) is 0.609. The van der Waals surface area contributed by atoms with E-state index in [9.17, 15) is 5.11 Å². The van der Waals surface area contributed by atoms with E-state index in [1.807, 2.05) is 39.0 Å². The Bertz CT molecular complexity index is 1050. The predicted octanol–water partition coefficient (Wildman–Crippen LogP) is 3.71. The van der Waals surface area contributed by atoms with Gasteiger partial charge in [0.2, 0.25) is 5.89 Å². The van der Waals surface area contributed by atoms with E-state index in [1.54, 1.807) is 17.2 Å². The summed E-state index contributed by atoms with van der Waals surface area (Å²) in [6, 6.07) is 7.71. The highest BCUT2D eigenvalue weighted by atomic mass is 16.3. The number of hydrogen-bond acceptors (Lipinski definition) is 5. The van der Waals surface area contributed by atoms with Gasteiger partial charge in [0.25, 0.3) is 0 Å². The fourth-order valence-electron chi connectivity index (χ4n) is 2.90. The van der Waals surface area contributed by atoms with Crippen molar-refractivity contribution < 1.29 is 9.52 Å². The van der Waals surface area contributed by atoms with Gasteiger partial charge in [0.1, 0.15) is 23.9 Å². The molecule has 120 valence electrons. The molecule has 0 saturated heterocycles. The largest absolute Gasteiger partial charge is 0.507 e. The minimum Gasteiger partial charge on any atom is -0.507 e. The van der Waals surface area contributed by atoms with Gasteiger partial charge in [0.15, 0.2) is 5.58 Å². The highest BCUT2D eigenvalue weighted by Gasteiger charge is 2.17. The molecule has 0 radical (unpaired) electrons. The fraction of sp³-hybridized carbons (Fsp3) is 0.167. The maximum absolute atomic E-state index is 10.5. The van der Waals surface area contributed by atoms with E-state index in [4.69, 9.17) is 4.42 Å². The van der Waals surface area contributed by atoms with Crippen LogP contribution in [0.1, 0.15) is 16.7 Å². The zero-order valence-corrected chi connectivity index (χ0v) is 13.6. The molecule has 1 N–H and O–H groups in total. The van der Waals surface area contributed by atoms with Crippen LogP contribution in [0.4, 0.5) is 0 Å². The molecule has 0 spiro atoms. The Labute approximate surface area is 138 Å². The van der Waals surface area contributed by atoms with E-state index in [0.29, 0.717) is 11.5 Å². The maximum atomic E-state index is 10.5. The lowest BCUT2D eigenvalue weighted by atomic mass is 10.1. The number of oxazole rings is 1. The molecule has 0 aliphatic carbocycles. The number of hydrogen-bond donors (Lipinski definition) is 1. The summed E-state index contributed by atoms with van der Waals surface area (Å²) < 4.78 is 7.71. The first kappa shape index (κ1) is 14.4. The van der Waals surface area contributed by atoms with E-state index in [1.165, 1.54) is 0 Å². The van der Waals surface area contributed by atoms with Crippen molar-refractivity contribution in [1.82, 2.24) is 19.7 Å². The molecule has 4 rings (SSSR count). The van der Waals surface area contributed by atoms with Gasteiger partial charge in [0, 0.05) is 5.69 Å². The first-order chi connectivity index (χ1) is 11.5. The highest BCUT2D eigenvalue weighted by molar-refractivity contribution is 5.81. The van der Waals surface area contributed by atoms with Gasteiger partial charge in [-0.1, -0.05) is 6.07 Å². The van der Waals surface area contributed by atoms with Crippen LogP contribution in [0, 0.1) is 20.8 Å². The third-order valence-electron chi connectivity index (χ3n) is 4.05. The summed E-state index contributed by atoms with van der Waals surface area (Å²) in [4.78, 5) is 4.56. The Balaban J connectivity index is 1.94. The Morgan fingerprint density at radius 3 is 2.46 bits per heavy atom. The van der Waals surface area contributed by atoms with E-state index in [-0.39, 0.29) is 5.75 Å². The van der Waals surface area contributed by atoms with Gasteiger partial charge in [-0.25, -0.2) is 4.98 Å². The topological polar surface area (TPSA) is 77.0 Å². The van der Waals surface area contributed by atoms with Gasteiger partial charge in [-0.05, 0) is 55.7 Å². The molecule has 6 nitrogen and oxygen atoms in total. The third-order valence-corrected chi connectivity index (χ3v) is 4.05. The van der Waals surface area contributed by atoms with Crippen LogP contribution in [0.25, 0.3) is 28.2 Å². The van der Waals surface area contributed by atoms with Crippen LogP contribution in [0.2, 0.25) is 0 Å². The van der Waals surface area contributed by atoms with Crippen LogP contribution in [-0.2, 0) is 0 Å². The zero-order chi connectivity index (χ0) is 16.8. The number of fused-ring (bicyclic) bond motifs is 1. The fourth-order valence-corrected chi connectivity index (χ4v) is 2.90. The maximum Gasteiger partial charge on any atom is 0.231 e. The number of phenols is 1. The van der Waals surface area contributed by atoms with Crippen LogP contribution < -0.4 is 0 Å². The van der Waals surface area contributed by atoms with Crippen molar-refractivity contribution >= 4 is 11.1 Å². The SMILES string of the molecule is Cc1cc(C)c2oc(-c3cc(-n4cnnc4)cc(C)c3O)nc2c1. The van der Waals surface area contributed by atoms with Crippen molar-refractivity contribution in [3.63, 3.8) is 0 Å². The highest BCUT2D eigenvalue weighted by Crippen LogP contribution is 2.36. The Morgan fingerprint density at radius 1 is 0.958 bits per heavy atom. The number of aryl methyl sites for hydroxylation is 3. The molecule has 6 heteroatoms. The number of aromatic hydroxyl groups is 1. The normalized spacial score (nSPS) is 11.3. The molecule has 2 heterocycles. The van der Waals surface area contributed by atoms with E-state index >= 15 is 0 Å². The standard InChI is InChI=1S/C18H16N4O2/c1-10-4-12(3)17-15(5-10)21-18(24-17)14-7-13(6-11(2)16(14)23)22-8-19-20-9-22/h4-9,23H,1-3H3. The summed E-state index contributed by atoms with van der Waals surface area (Å²) in [5.41, 5.74) is 5.78. The molecule has 0 atom stereocenters. The van der Waals surface area contributed by atoms with Gasteiger partial charge in [-0.15, -0.1) is 10.2 Å².